The van der Waals surface area contributed by atoms with Gasteiger partial charge < -0.3 is 10.6 Å². The Labute approximate surface area is 113 Å². The van der Waals surface area contributed by atoms with Crippen molar-refractivity contribution in [3.63, 3.8) is 0 Å². The van der Waals surface area contributed by atoms with Crippen molar-refractivity contribution < 1.29 is 0 Å². The largest absolute Gasteiger partial charge is 0.373 e. The summed E-state index contributed by atoms with van der Waals surface area (Å²) in [5.41, 5.74) is 1.04. The second kappa shape index (κ2) is 6.17. The fourth-order valence-corrected chi connectivity index (χ4v) is 1.86. The third kappa shape index (κ3) is 3.21. The predicted octanol–water partition coefficient (Wildman–Crippen LogP) is 1.70. The number of aryl methyl sites for hydroxylation is 1. The number of nitrogens with one attached hydrogen (secondary N) is 2. The fraction of sp³-hybridized carbons (Fsp3) is 0.462. The van der Waals surface area contributed by atoms with Gasteiger partial charge in [-0.25, -0.2) is 9.97 Å². The Morgan fingerprint density at radius 1 is 1.26 bits per heavy atom. The van der Waals surface area contributed by atoms with Gasteiger partial charge in [-0.05, 0) is 13.0 Å². The van der Waals surface area contributed by atoms with Crippen LogP contribution in [0.2, 0.25) is 0 Å². The van der Waals surface area contributed by atoms with Crippen molar-refractivity contribution in [1.29, 1.82) is 0 Å². The summed E-state index contributed by atoms with van der Waals surface area (Å²) < 4.78 is 1.89. The van der Waals surface area contributed by atoms with Crippen LogP contribution in [0.15, 0.2) is 18.5 Å². The molecule has 6 heteroatoms. The van der Waals surface area contributed by atoms with E-state index in [-0.39, 0.29) is 0 Å². The van der Waals surface area contributed by atoms with Crippen molar-refractivity contribution in [3.8, 4) is 0 Å². The van der Waals surface area contributed by atoms with E-state index in [1.54, 1.807) is 6.20 Å². The molecule has 19 heavy (non-hydrogen) atoms. The minimum atomic E-state index is 0.784. The van der Waals surface area contributed by atoms with Crippen LogP contribution in [-0.2, 0) is 13.0 Å². The monoisotopic (exact) mass is 260 g/mol. The second-order valence-electron chi connectivity index (χ2n) is 4.26. The lowest BCUT2D eigenvalue weighted by molar-refractivity contribution is 0.636. The zero-order chi connectivity index (χ0) is 13.7. The SMILES string of the molecule is CCc1nc(NC)c(C)c(NCCn2cccn2)n1. The van der Waals surface area contributed by atoms with Crippen molar-refractivity contribution in [3.05, 3.63) is 29.8 Å². The maximum atomic E-state index is 4.53. The maximum Gasteiger partial charge on any atom is 0.134 e. The van der Waals surface area contributed by atoms with Gasteiger partial charge >= 0.3 is 0 Å². The molecule has 2 aromatic heterocycles. The van der Waals surface area contributed by atoms with Gasteiger partial charge in [0.05, 0.1) is 6.54 Å². The molecule has 102 valence electrons. The standard InChI is InChI=1S/C13H20N6/c1-4-11-17-12(14-3)10(2)13(18-11)15-7-9-19-8-5-6-16-19/h5-6,8H,4,7,9H2,1-3H3,(H2,14,15,17,18). The van der Waals surface area contributed by atoms with Gasteiger partial charge in [0, 0.05) is 38.0 Å². The average Bonchev–Trinajstić information content (AvgIpc) is 2.94. The molecule has 0 radical (unpaired) electrons. The summed E-state index contributed by atoms with van der Waals surface area (Å²) in [6, 6.07) is 1.92. The normalized spacial score (nSPS) is 10.5. The molecule has 0 aromatic carbocycles. The van der Waals surface area contributed by atoms with Crippen LogP contribution in [0.3, 0.4) is 0 Å². The molecule has 0 spiro atoms. The summed E-state index contributed by atoms with van der Waals surface area (Å²) in [6.45, 7) is 5.66. The number of rotatable bonds is 6. The zero-order valence-corrected chi connectivity index (χ0v) is 11.6. The molecule has 0 aliphatic carbocycles. The molecule has 2 rings (SSSR count). The Kier molecular flexibility index (Phi) is 4.33. The van der Waals surface area contributed by atoms with Crippen molar-refractivity contribution in [1.82, 2.24) is 19.7 Å². The van der Waals surface area contributed by atoms with Crippen molar-refractivity contribution in [2.24, 2.45) is 0 Å². The Balaban J connectivity index is 2.06. The van der Waals surface area contributed by atoms with Gasteiger partial charge in [0.15, 0.2) is 0 Å². The molecular formula is C13H20N6. The van der Waals surface area contributed by atoms with E-state index in [9.17, 15) is 0 Å². The van der Waals surface area contributed by atoms with Crippen LogP contribution in [0, 0.1) is 6.92 Å². The lowest BCUT2D eigenvalue weighted by atomic mass is 10.3. The van der Waals surface area contributed by atoms with Gasteiger partial charge in [-0.1, -0.05) is 6.92 Å². The number of anilines is 2. The van der Waals surface area contributed by atoms with Crippen LogP contribution >= 0.6 is 0 Å². The summed E-state index contributed by atoms with van der Waals surface area (Å²) in [5.74, 6) is 2.62. The Morgan fingerprint density at radius 3 is 2.68 bits per heavy atom. The zero-order valence-electron chi connectivity index (χ0n) is 11.6. The summed E-state index contributed by atoms with van der Waals surface area (Å²) >= 11 is 0. The third-order valence-electron chi connectivity index (χ3n) is 2.94. The molecule has 0 aliphatic heterocycles. The predicted molar refractivity (Wildman–Crippen MR) is 76.4 cm³/mol. The van der Waals surface area contributed by atoms with E-state index in [0.717, 1.165) is 42.5 Å². The van der Waals surface area contributed by atoms with Crippen LogP contribution in [0.25, 0.3) is 0 Å². The number of nitrogens with zero attached hydrogens (tertiary/aromatic N) is 4. The first-order valence-electron chi connectivity index (χ1n) is 6.51. The van der Waals surface area contributed by atoms with E-state index in [1.807, 2.05) is 30.9 Å². The van der Waals surface area contributed by atoms with E-state index < -0.39 is 0 Å². The first-order chi connectivity index (χ1) is 9.24. The lowest BCUT2D eigenvalue weighted by Gasteiger charge is -2.13. The van der Waals surface area contributed by atoms with E-state index in [4.69, 9.17) is 0 Å². The Hall–Kier alpha value is -2.11. The van der Waals surface area contributed by atoms with E-state index in [1.165, 1.54) is 0 Å². The average molecular weight is 260 g/mol. The quantitative estimate of drug-likeness (QED) is 0.827. The topological polar surface area (TPSA) is 67.7 Å². The first-order valence-corrected chi connectivity index (χ1v) is 6.51. The van der Waals surface area contributed by atoms with Gasteiger partial charge in [-0.2, -0.15) is 5.10 Å². The fourth-order valence-electron chi connectivity index (χ4n) is 1.86. The summed E-state index contributed by atoms with van der Waals surface area (Å²) in [4.78, 5) is 8.97. The van der Waals surface area contributed by atoms with Crippen LogP contribution < -0.4 is 10.6 Å². The Morgan fingerprint density at radius 2 is 2.05 bits per heavy atom. The molecular weight excluding hydrogens is 240 g/mol. The summed E-state index contributed by atoms with van der Waals surface area (Å²) in [7, 11) is 1.88. The molecule has 0 amide bonds. The van der Waals surface area contributed by atoms with Crippen molar-refractivity contribution in [2.75, 3.05) is 24.2 Å². The molecule has 0 fully saturated rings. The van der Waals surface area contributed by atoms with E-state index >= 15 is 0 Å². The molecule has 2 aromatic rings. The van der Waals surface area contributed by atoms with Gasteiger partial charge in [0.1, 0.15) is 17.5 Å². The smallest absolute Gasteiger partial charge is 0.134 e. The van der Waals surface area contributed by atoms with Crippen LogP contribution in [-0.4, -0.2) is 33.3 Å². The van der Waals surface area contributed by atoms with Gasteiger partial charge in [0.2, 0.25) is 0 Å². The van der Waals surface area contributed by atoms with Crippen LogP contribution in [0.4, 0.5) is 11.6 Å². The van der Waals surface area contributed by atoms with Crippen LogP contribution in [0.1, 0.15) is 18.3 Å². The van der Waals surface area contributed by atoms with Gasteiger partial charge in [0.25, 0.3) is 0 Å². The summed E-state index contributed by atoms with van der Waals surface area (Å²) in [6.07, 6.45) is 4.55. The Bertz CT molecular complexity index is 520. The van der Waals surface area contributed by atoms with Gasteiger partial charge in [-0.15, -0.1) is 0 Å². The second-order valence-corrected chi connectivity index (χ2v) is 4.26. The van der Waals surface area contributed by atoms with Crippen LogP contribution in [0.5, 0.6) is 0 Å². The van der Waals surface area contributed by atoms with E-state index in [0.29, 0.717) is 0 Å². The van der Waals surface area contributed by atoms with Crippen molar-refractivity contribution in [2.45, 2.75) is 26.8 Å². The maximum absolute atomic E-state index is 4.53. The lowest BCUT2D eigenvalue weighted by Crippen LogP contribution is -2.14. The minimum absolute atomic E-state index is 0.784. The molecule has 0 atom stereocenters. The molecule has 0 saturated carbocycles. The first kappa shape index (κ1) is 13.3. The molecule has 0 aliphatic rings. The number of hydrogen-bond donors (Lipinski definition) is 2. The highest BCUT2D eigenvalue weighted by Crippen LogP contribution is 2.19. The highest BCUT2D eigenvalue weighted by Gasteiger charge is 2.08. The number of hydrogen-bond acceptors (Lipinski definition) is 5. The molecule has 2 N–H and O–H groups in total. The minimum Gasteiger partial charge on any atom is -0.373 e. The molecule has 6 nitrogen and oxygen atoms in total. The molecule has 0 unspecified atom stereocenters. The van der Waals surface area contributed by atoms with E-state index in [2.05, 4.69) is 32.6 Å². The third-order valence-corrected chi connectivity index (χ3v) is 2.94. The number of aromatic nitrogens is 4. The van der Waals surface area contributed by atoms with Gasteiger partial charge in [-0.3, -0.25) is 4.68 Å². The summed E-state index contributed by atoms with van der Waals surface area (Å²) in [5, 5.41) is 10.6. The highest BCUT2D eigenvalue weighted by atomic mass is 15.3. The molecule has 0 saturated heterocycles. The molecule has 0 bridgehead atoms. The van der Waals surface area contributed by atoms with Crippen molar-refractivity contribution >= 4 is 11.6 Å². The molecule has 2 heterocycles. The highest BCUT2D eigenvalue weighted by molar-refractivity contribution is 5.56.